The number of aromatic nitrogens is 2. The predicted octanol–water partition coefficient (Wildman–Crippen LogP) is 4.27. The van der Waals surface area contributed by atoms with Crippen LogP contribution < -0.4 is 0 Å². The number of carbonyl (C=O) groups excluding carboxylic acids is 2. The first kappa shape index (κ1) is 22.5. The number of amides is 2. The van der Waals surface area contributed by atoms with Crippen molar-refractivity contribution in [3.05, 3.63) is 47.3 Å². The summed E-state index contributed by atoms with van der Waals surface area (Å²) in [5.74, 6) is -0.795. The number of carbonyl (C=O) groups is 2. The fourth-order valence-electron chi connectivity index (χ4n) is 4.33. The van der Waals surface area contributed by atoms with Gasteiger partial charge in [0.25, 0.3) is 5.91 Å². The molecule has 2 aliphatic rings. The van der Waals surface area contributed by atoms with E-state index in [2.05, 4.69) is 4.98 Å². The minimum atomic E-state index is -4.78. The monoisotopic (exact) mass is 500 g/mol. The Morgan fingerprint density at radius 2 is 2.03 bits per heavy atom. The molecule has 3 aromatic rings. The molecule has 0 spiro atoms. The molecule has 34 heavy (non-hydrogen) atoms. The fourth-order valence-corrected chi connectivity index (χ4v) is 4.58. The number of hydrogen-bond donors (Lipinski definition) is 0. The van der Waals surface area contributed by atoms with Gasteiger partial charge in [-0.3, -0.25) is 14.1 Å². The van der Waals surface area contributed by atoms with E-state index in [-0.39, 0.29) is 43.4 Å². The van der Waals surface area contributed by atoms with Crippen LogP contribution in [-0.2, 0) is 10.9 Å². The van der Waals surface area contributed by atoms with E-state index >= 15 is 0 Å². The second-order valence-electron chi connectivity index (χ2n) is 8.03. The smallest absolute Gasteiger partial charge is 0.420 e. The van der Waals surface area contributed by atoms with Crippen LogP contribution in [0.3, 0.4) is 0 Å². The summed E-state index contributed by atoms with van der Waals surface area (Å²) in [5.41, 5.74) is -1.49. The highest BCUT2D eigenvalue weighted by Crippen LogP contribution is 2.37. The number of cyclic esters (lactones) is 1. The van der Waals surface area contributed by atoms with Crippen LogP contribution in [0, 0.1) is 0 Å². The summed E-state index contributed by atoms with van der Waals surface area (Å²) in [6.45, 7) is 0.146. The van der Waals surface area contributed by atoms with Gasteiger partial charge in [0.05, 0.1) is 37.2 Å². The summed E-state index contributed by atoms with van der Waals surface area (Å²) in [6.07, 6.45) is -2.88. The number of likely N-dealkylation sites (tertiary alicyclic amines) is 1. The van der Waals surface area contributed by atoms with Gasteiger partial charge in [0.2, 0.25) is 0 Å². The Labute approximate surface area is 194 Å². The second kappa shape index (κ2) is 8.19. The predicted molar refractivity (Wildman–Crippen MR) is 110 cm³/mol. The topological polar surface area (TPSA) is 80.3 Å². The maximum absolute atomic E-state index is 14.9. The molecule has 0 saturated carbocycles. The average molecular weight is 501 g/mol. The second-order valence-corrected chi connectivity index (χ2v) is 8.39. The van der Waals surface area contributed by atoms with Crippen molar-refractivity contribution in [2.45, 2.75) is 24.8 Å². The lowest BCUT2D eigenvalue weighted by atomic mass is 10.0. The molecule has 0 aliphatic carbocycles. The van der Waals surface area contributed by atoms with E-state index in [9.17, 15) is 27.2 Å². The number of furan rings is 1. The van der Waals surface area contributed by atoms with Gasteiger partial charge in [-0.15, -0.1) is 0 Å². The van der Waals surface area contributed by atoms with Crippen molar-refractivity contribution < 1.29 is 36.3 Å². The Bertz CT molecular complexity index is 1260. The van der Waals surface area contributed by atoms with Gasteiger partial charge in [-0.1, -0.05) is 11.6 Å². The number of halogens is 5. The first-order valence-electron chi connectivity index (χ1n) is 10.3. The molecule has 2 saturated heterocycles. The first-order valence-corrected chi connectivity index (χ1v) is 10.7. The molecule has 0 aromatic carbocycles. The lowest BCUT2D eigenvalue weighted by Gasteiger charge is -2.37. The number of alkyl halides is 4. The third-order valence-corrected chi connectivity index (χ3v) is 6.37. The van der Waals surface area contributed by atoms with Crippen LogP contribution in [-0.4, -0.2) is 69.6 Å². The van der Waals surface area contributed by atoms with Crippen LogP contribution in [0.25, 0.3) is 16.8 Å². The van der Waals surface area contributed by atoms with E-state index in [0.717, 1.165) is 15.4 Å². The Morgan fingerprint density at radius 3 is 2.65 bits per heavy atom. The summed E-state index contributed by atoms with van der Waals surface area (Å²) in [6, 6.07) is 1.64. The number of fused-ring (bicyclic) bond motifs is 1. The summed E-state index contributed by atoms with van der Waals surface area (Å²) in [5, 5.41) is -0.323. The number of piperidine rings is 1. The number of ether oxygens (including phenoxy) is 1. The number of hydrogen-bond acceptors (Lipinski definition) is 5. The lowest BCUT2D eigenvalue weighted by molar-refractivity contribution is -0.136. The van der Waals surface area contributed by atoms with Crippen LogP contribution >= 0.6 is 11.6 Å². The average Bonchev–Trinajstić information content (AvgIpc) is 3.53. The van der Waals surface area contributed by atoms with Crippen molar-refractivity contribution in [3.8, 4) is 11.1 Å². The van der Waals surface area contributed by atoms with Gasteiger partial charge in [0, 0.05) is 23.9 Å². The Balaban J connectivity index is 1.48. The van der Waals surface area contributed by atoms with E-state index in [0.29, 0.717) is 5.56 Å². The molecule has 3 aromatic heterocycles. The minimum absolute atomic E-state index is 0.0737. The highest BCUT2D eigenvalue weighted by molar-refractivity contribution is 6.33. The van der Waals surface area contributed by atoms with Gasteiger partial charge in [0.15, 0.2) is 11.3 Å². The van der Waals surface area contributed by atoms with Gasteiger partial charge in [0.1, 0.15) is 17.9 Å². The van der Waals surface area contributed by atoms with Gasteiger partial charge < -0.3 is 14.1 Å². The van der Waals surface area contributed by atoms with Crippen LogP contribution in [0.15, 0.2) is 35.3 Å². The first-order chi connectivity index (χ1) is 16.1. The van der Waals surface area contributed by atoms with E-state index in [1.54, 1.807) is 0 Å². The molecule has 13 heteroatoms. The summed E-state index contributed by atoms with van der Waals surface area (Å²) in [7, 11) is 0. The molecule has 0 radical (unpaired) electrons. The van der Waals surface area contributed by atoms with E-state index in [1.165, 1.54) is 29.7 Å². The van der Waals surface area contributed by atoms with Crippen molar-refractivity contribution in [3.63, 3.8) is 0 Å². The van der Waals surface area contributed by atoms with E-state index in [4.69, 9.17) is 20.8 Å². The van der Waals surface area contributed by atoms with Gasteiger partial charge >= 0.3 is 12.3 Å². The van der Waals surface area contributed by atoms with Crippen molar-refractivity contribution >= 4 is 29.2 Å². The van der Waals surface area contributed by atoms with Crippen LogP contribution in [0.4, 0.5) is 22.4 Å². The normalized spacial score (nSPS) is 21.4. The fraction of sp³-hybridized carbons (Fsp3) is 0.381. The maximum atomic E-state index is 14.9. The molecule has 0 N–H and O–H groups in total. The summed E-state index contributed by atoms with van der Waals surface area (Å²) >= 11 is 6.31. The zero-order valence-corrected chi connectivity index (χ0v) is 18.1. The SMILES string of the molecule is O=C(c1nc2c(C(F)(F)F)cc(-c3ccoc3)cn2c1Cl)N1CC[C@@H](N2CCOC2=O)[C@@H](F)C1. The molecule has 180 valence electrons. The molecule has 0 unspecified atom stereocenters. The Morgan fingerprint density at radius 1 is 1.24 bits per heavy atom. The van der Waals surface area contributed by atoms with Gasteiger partial charge in [-0.05, 0) is 18.6 Å². The summed E-state index contributed by atoms with van der Waals surface area (Å²) in [4.78, 5) is 31.2. The largest absolute Gasteiger partial charge is 0.472 e. The minimum Gasteiger partial charge on any atom is -0.472 e. The number of rotatable bonds is 3. The third-order valence-electron chi connectivity index (χ3n) is 6.01. The standard InChI is InChI=1S/C21H17ClF4N4O4/c22-17-16(19(31)28-3-1-15(14(23)9-28)29-4-6-34-20(29)32)27-18-13(21(24,25)26)7-12(8-30(17)18)11-2-5-33-10-11/h2,5,7-8,10,14-15H,1,3-4,6,9H2/t14-,15+/m0/s1. The highest BCUT2D eigenvalue weighted by atomic mass is 35.5. The highest BCUT2D eigenvalue weighted by Gasteiger charge is 2.41. The Kier molecular flexibility index (Phi) is 5.42. The molecular weight excluding hydrogens is 484 g/mol. The van der Waals surface area contributed by atoms with Gasteiger partial charge in [-0.2, -0.15) is 13.2 Å². The molecule has 2 amide bonds. The molecule has 5 heterocycles. The molecule has 2 fully saturated rings. The van der Waals surface area contributed by atoms with Crippen LogP contribution in [0.5, 0.6) is 0 Å². The zero-order valence-electron chi connectivity index (χ0n) is 17.4. The lowest BCUT2D eigenvalue weighted by Crippen LogP contribution is -2.54. The Hall–Kier alpha value is -3.28. The molecular formula is C21H17ClF4N4O4. The molecule has 5 rings (SSSR count). The van der Waals surface area contributed by atoms with Crippen molar-refractivity contribution in [2.75, 3.05) is 26.2 Å². The summed E-state index contributed by atoms with van der Waals surface area (Å²) < 4.78 is 67.1. The van der Waals surface area contributed by atoms with Crippen molar-refractivity contribution in [1.82, 2.24) is 19.2 Å². The van der Waals surface area contributed by atoms with E-state index in [1.807, 2.05) is 0 Å². The van der Waals surface area contributed by atoms with Crippen LogP contribution in [0.2, 0.25) is 5.15 Å². The maximum Gasteiger partial charge on any atom is 0.420 e. The number of imidazole rings is 1. The number of nitrogens with zero attached hydrogens (tertiary/aromatic N) is 4. The quantitative estimate of drug-likeness (QED) is 0.502. The van der Waals surface area contributed by atoms with E-state index < -0.39 is 47.3 Å². The molecule has 2 atom stereocenters. The molecule has 2 aliphatic heterocycles. The van der Waals surface area contributed by atoms with Gasteiger partial charge in [-0.25, -0.2) is 14.2 Å². The van der Waals surface area contributed by atoms with Crippen LogP contribution in [0.1, 0.15) is 22.5 Å². The molecule has 0 bridgehead atoms. The number of pyridine rings is 1. The molecule has 8 nitrogen and oxygen atoms in total. The third kappa shape index (κ3) is 3.75. The van der Waals surface area contributed by atoms with Crippen molar-refractivity contribution in [2.24, 2.45) is 0 Å². The zero-order chi connectivity index (χ0) is 24.2. The van der Waals surface area contributed by atoms with Crippen molar-refractivity contribution in [1.29, 1.82) is 0 Å².